The summed E-state index contributed by atoms with van der Waals surface area (Å²) in [6.07, 6.45) is 4.30. The highest BCUT2D eigenvalue weighted by Crippen LogP contribution is 2.37. The number of nitrogens with two attached hydrogens (primary N) is 1. The van der Waals surface area contributed by atoms with Gasteiger partial charge in [-0.25, -0.2) is 9.97 Å². The molecular weight excluding hydrogens is 516 g/mol. The average molecular weight is 549 g/mol. The molecule has 11 heteroatoms. The zero-order valence-electron chi connectivity index (χ0n) is 22.0. The van der Waals surface area contributed by atoms with Crippen molar-refractivity contribution in [2.45, 2.75) is 61.2 Å². The molecule has 0 unspecified atom stereocenters. The fourth-order valence-electron chi connectivity index (χ4n) is 4.40. The van der Waals surface area contributed by atoms with Crippen molar-refractivity contribution in [3.63, 3.8) is 0 Å². The number of nitrogens with zero attached hydrogens (tertiary/aromatic N) is 3. The lowest BCUT2D eigenvalue weighted by molar-refractivity contribution is -0.150. The number of hydrogen-bond acceptors (Lipinski definition) is 10. The van der Waals surface area contributed by atoms with Gasteiger partial charge in [-0.15, -0.1) is 0 Å². The number of methoxy groups -OCH3 is 1. The Hall–Kier alpha value is -3.83. The molecule has 1 saturated carbocycles. The van der Waals surface area contributed by atoms with Gasteiger partial charge >= 0.3 is 5.97 Å². The van der Waals surface area contributed by atoms with Gasteiger partial charge in [0.15, 0.2) is 22.5 Å². The highest BCUT2D eigenvalue weighted by atomic mass is 32.2. The van der Waals surface area contributed by atoms with Crippen molar-refractivity contribution < 1.29 is 19.0 Å². The normalized spacial score (nSPS) is 14.3. The number of hydrogen-bond donors (Lipinski definition) is 3. The van der Waals surface area contributed by atoms with Gasteiger partial charge in [-0.05, 0) is 62.6 Å². The molecule has 1 aliphatic carbocycles. The summed E-state index contributed by atoms with van der Waals surface area (Å²) < 4.78 is 17.2. The Morgan fingerprint density at radius 3 is 2.67 bits per heavy atom. The van der Waals surface area contributed by atoms with E-state index in [1.807, 2.05) is 55.5 Å². The van der Waals surface area contributed by atoms with E-state index in [1.165, 1.54) is 11.8 Å². The van der Waals surface area contributed by atoms with Crippen LogP contribution in [-0.4, -0.2) is 52.0 Å². The van der Waals surface area contributed by atoms with E-state index >= 15 is 0 Å². The van der Waals surface area contributed by atoms with Gasteiger partial charge in [0, 0.05) is 34.5 Å². The van der Waals surface area contributed by atoms with Crippen molar-refractivity contribution in [2.75, 3.05) is 19.0 Å². The van der Waals surface area contributed by atoms with Gasteiger partial charge in [-0.1, -0.05) is 18.2 Å². The van der Waals surface area contributed by atoms with Crippen molar-refractivity contribution in [1.29, 1.82) is 0 Å². The molecule has 2 aromatic heterocycles. The third kappa shape index (κ3) is 6.79. The largest absolute Gasteiger partial charge is 0.493 e. The molecule has 4 N–H and O–H groups in total. The topological polar surface area (TPSA) is 137 Å². The van der Waals surface area contributed by atoms with Crippen molar-refractivity contribution in [1.82, 2.24) is 20.2 Å². The second kappa shape index (κ2) is 12.4. The monoisotopic (exact) mass is 548 g/mol. The summed E-state index contributed by atoms with van der Waals surface area (Å²) in [6, 6.07) is 14.7. The maximum absolute atomic E-state index is 12.4. The number of aryl methyl sites for hydroxylation is 1. The first-order valence-electron chi connectivity index (χ1n) is 13.0. The van der Waals surface area contributed by atoms with Crippen LogP contribution >= 0.6 is 11.8 Å². The standard InChI is InChI=1S/C28H32N6O4S/c1-17-14-25(34-33-17)31-26-20-15-23(36-2)24(37-13-12-21(29)27(35)38-18-8-6-7-9-18)16-22(20)30-28(32-26)39-19-10-4-3-5-11-19/h3-5,10-11,14-16,18,21H,6-9,12-13,29H2,1-2H3,(H2,30,31,32,33,34)/t21-/m0/s1. The van der Waals surface area contributed by atoms with Crippen LogP contribution < -0.4 is 20.5 Å². The Morgan fingerprint density at radius 2 is 1.95 bits per heavy atom. The highest BCUT2D eigenvalue weighted by molar-refractivity contribution is 7.99. The quantitative estimate of drug-likeness (QED) is 0.170. The summed E-state index contributed by atoms with van der Waals surface area (Å²) in [5, 5.41) is 11.8. The summed E-state index contributed by atoms with van der Waals surface area (Å²) in [5.74, 6) is 1.86. The van der Waals surface area contributed by atoms with E-state index in [-0.39, 0.29) is 18.7 Å². The first-order chi connectivity index (χ1) is 19.0. The van der Waals surface area contributed by atoms with Crippen LogP contribution in [0, 0.1) is 6.92 Å². The van der Waals surface area contributed by atoms with Crippen LogP contribution in [-0.2, 0) is 9.53 Å². The smallest absolute Gasteiger partial charge is 0.323 e. The molecule has 4 aromatic rings. The van der Waals surface area contributed by atoms with Crippen LogP contribution in [0.1, 0.15) is 37.8 Å². The number of ether oxygens (including phenoxy) is 3. The van der Waals surface area contributed by atoms with Gasteiger partial charge in [-0.2, -0.15) is 5.10 Å². The molecule has 0 saturated heterocycles. The maximum atomic E-state index is 12.4. The molecule has 2 heterocycles. The molecule has 1 aliphatic rings. The molecule has 1 fully saturated rings. The fourth-order valence-corrected chi connectivity index (χ4v) is 5.18. The Labute approximate surface area is 231 Å². The van der Waals surface area contributed by atoms with E-state index in [0.717, 1.165) is 41.7 Å². The molecule has 10 nitrogen and oxygen atoms in total. The van der Waals surface area contributed by atoms with E-state index in [2.05, 4.69) is 15.5 Å². The Kier molecular flexibility index (Phi) is 8.48. The van der Waals surface area contributed by atoms with Crippen molar-refractivity contribution in [3.8, 4) is 11.5 Å². The molecule has 39 heavy (non-hydrogen) atoms. The molecular formula is C28H32N6O4S. The van der Waals surface area contributed by atoms with E-state index in [0.29, 0.717) is 40.2 Å². The van der Waals surface area contributed by atoms with Crippen LogP contribution in [0.25, 0.3) is 10.9 Å². The van der Waals surface area contributed by atoms with Crippen LogP contribution in [0.5, 0.6) is 11.5 Å². The summed E-state index contributed by atoms with van der Waals surface area (Å²) in [4.78, 5) is 22.9. The van der Waals surface area contributed by atoms with Crippen LogP contribution in [0.15, 0.2) is 58.6 Å². The SMILES string of the molecule is COc1cc2c(Nc3cc(C)[nH]n3)nc(Sc3ccccc3)nc2cc1OCC[C@H](N)C(=O)OC1CCCC1. The fraction of sp³-hybridized carbons (Fsp3) is 0.357. The predicted octanol–water partition coefficient (Wildman–Crippen LogP) is 5.15. The minimum absolute atomic E-state index is 0.0131. The Morgan fingerprint density at radius 1 is 1.15 bits per heavy atom. The lowest BCUT2D eigenvalue weighted by Gasteiger charge is -2.17. The number of rotatable bonds is 11. The van der Waals surface area contributed by atoms with Crippen LogP contribution in [0.4, 0.5) is 11.6 Å². The van der Waals surface area contributed by atoms with Gasteiger partial charge in [0.25, 0.3) is 0 Å². The first-order valence-corrected chi connectivity index (χ1v) is 13.8. The third-order valence-corrected chi connectivity index (χ3v) is 7.31. The number of carbonyl (C=O) groups is 1. The number of aromatic nitrogens is 4. The second-order valence-electron chi connectivity index (χ2n) is 9.44. The van der Waals surface area contributed by atoms with Crippen LogP contribution in [0.2, 0.25) is 0 Å². The van der Waals surface area contributed by atoms with Crippen molar-refractivity contribution >= 4 is 40.3 Å². The first kappa shape index (κ1) is 26.8. The lowest BCUT2D eigenvalue weighted by atomic mass is 10.2. The van der Waals surface area contributed by atoms with E-state index in [4.69, 9.17) is 29.9 Å². The number of esters is 1. The van der Waals surface area contributed by atoms with Gasteiger partial charge in [-0.3, -0.25) is 9.89 Å². The Balaban J connectivity index is 1.37. The van der Waals surface area contributed by atoms with Gasteiger partial charge in [0.1, 0.15) is 18.0 Å². The zero-order valence-corrected chi connectivity index (χ0v) is 22.8. The van der Waals surface area contributed by atoms with E-state index < -0.39 is 6.04 Å². The van der Waals surface area contributed by atoms with E-state index in [1.54, 1.807) is 7.11 Å². The molecule has 2 aromatic carbocycles. The molecule has 204 valence electrons. The number of nitrogens with one attached hydrogen (secondary N) is 2. The number of H-pyrrole nitrogens is 1. The Bertz CT molecular complexity index is 1420. The van der Waals surface area contributed by atoms with Crippen LogP contribution in [0.3, 0.4) is 0 Å². The maximum Gasteiger partial charge on any atom is 0.323 e. The molecule has 0 amide bonds. The lowest BCUT2D eigenvalue weighted by Crippen LogP contribution is -2.35. The summed E-state index contributed by atoms with van der Waals surface area (Å²) >= 11 is 1.46. The molecule has 0 radical (unpaired) electrons. The molecule has 0 bridgehead atoms. The number of benzene rings is 2. The molecule has 0 aliphatic heterocycles. The highest BCUT2D eigenvalue weighted by Gasteiger charge is 2.23. The molecule has 5 rings (SSSR count). The number of aromatic amines is 1. The third-order valence-electron chi connectivity index (χ3n) is 6.44. The number of fused-ring (bicyclic) bond motifs is 1. The molecule has 0 spiro atoms. The number of carbonyl (C=O) groups excluding carboxylic acids is 1. The summed E-state index contributed by atoms with van der Waals surface area (Å²) in [7, 11) is 1.57. The second-order valence-corrected chi connectivity index (χ2v) is 10.5. The van der Waals surface area contributed by atoms with E-state index in [9.17, 15) is 4.79 Å². The van der Waals surface area contributed by atoms with Gasteiger partial charge < -0.3 is 25.3 Å². The van der Waals surface area contributed by atoms with Gasteiger partial charge in [0.2, 0.25) is 0 Å². The zero-order chi connectivity index (χ0) is 27.2. The summed E-state index contributed by atoms with van der Waals surface area (Å²) in [5.41, 5.74) is 7.67. The summed E-state index contributed by atoms with van der Waals surface area (Å²) in [6.45, 7) is 2.15. The average Bonchev–Trinajstić information content (AvgIpc) is 3.60. The number of anilines is 2. The minimum Gasteiger partial charge on any atom is -0.493 e. The van der Waals surface area contributed by atoms with Crippen molar-refractivity contribution in [2.24, 2.45) is 5.73 Å². The van der Waals surface area contributed by atoms with Crippen molar-refractivity contribution in [3.05, 3.63) is 54.2 Å². The van der Waals surface area contributed by atoms with Gasteiger partial charge in [0.05, 0.1) is 19.2 Å². The predicted molar refractivity (Wildman–Crippen MR) is 150 cm³/mol. The minimum atomic E-state index is -0.749. The molecule has 1 atom stereocenters.